The van der Waals surface area contributed by atoms with Crippen molar-refractivity contribution in [3.8, 4) is 16.9 Å². The Morgan fingerprint density at radius 2 is 1.83 bits per heavy atom. The van der Waals surface area contributed by atoms with Crippen LogP contribution in [-0.4, -0.2) is 36.5 Å². The van der Waals surface area contributed by atoms with Gasteiger partial charge in [-0.1, -0.05) is 56.6 Å². The number of hydrogen-bond donors (Lipinski definition) is 1. The molecule has 35 heavy (non-hydrogen) atoms. The molecule has 0 aliphatic carbocycles. The predicted octanol–water partition coefficient (Wildman–Crippen LogP) is 6.72. The number of nitrogens with two attached hydrogens (primary N) is 1. The number of benzene rings is 2. The van der Waals surface area contributed by atoms with Crippen LogP contribution in [0.5, 0.6) is 5.75 Å². The molecule has 0 aliphatic heterocycles. The SMILES string of the molecule is C[C@H](O[Si](C)(C)C(C)(C)C)[C@@H](CCOc1cccc(-c2ccc(Cl)cc2)c1)n1cnc(C(N)=O)c1. The summed E-state index contributed by atoms with van der Waals surface area (Å²) >= 11 is 6.02. The number of primary amides is 1. The molecule has 1 amide bonds. The number of halogens is 1. The molecule has 0 bridgehead atoms. The number of amides is 1. The summed E-state index contributed by atoms with van der Waals surface area (Å²) in [6, 6.07) is 15.7. The zero-order valence-corrected chi connectivity index (χ0v) is 23.2. The smallest absolute Gasteiger partial charge is 0.268 e. The van der Waals surface area contributed by atoms with Crippen molar-refractivity contribution < 1.29 is 14.0 Å². The number of imidazole rings is 1. The van der Waals surface area contributed by atoms with Crippen LogP contribution in [0.15, 0.2) is 61.1 Å². The number of hydrogen-bond acceptors (Lipinski definition) is 4. The second-order valence-electron chi connectivity index (χ2n) is 10.4. The molecule has 1 aromatic heterocycles. The van der Waals surface area contributed by atoms with Crippen LogP contribution in [0, 0.1) is 0 Å². The highest BCUT2D eigenvalue weighted by Gasteiger charge is 2.40. The summed E-state index contributed by atoms with van der Waals surface area (Å²) in [5, 5.41) is 0.790. The number of ether oxygens (including phenoxy) is 1. The van der Waals surface area contributed by atoms with E-state index in [9.17, 15) is 4.79 Å². The van der Waals surface area contributed by atoms with Gasteiger partial charge in [0.15, 0.2) is 8.32 Å². The Hall–Kier alpha value is -2.61. The molecule has 0 aliphatic rings. The number of nitrogens with zero attached hydrogens (tertiary/aromatic N) is 2. The number of rotatable bonds is 10. The molecule has 0 fully saturated rings. The lowest BCUT2D eigenvalue weighted by molar-refractivity contribution is 0.0994. The number of carbonyl (C=O) groups is 1. The minimum atomic E-state index is -2.01. The Bertz CT molecular complexity index is 1140. The van der Waals surface area contributed by atoms with Crippen LogP contribution in [0.2, 0.25) is 23.2 Å². The van der Waals surface area contributed by atoms with Gasteiger partial charge in [0, 0.05) is 17.6 Å². The van der Waals surface area contributed by atoms with Gasteiger partial charge in [-0.2, -0.15) is 0 Å². The Morgan fingerprint density at radius 3 is 2.43 bits per heavy atom. The van der Waals surface area contributed by atoms with Crippen LogP contribution in [0.25, 0.3) is 11.1 Å². The normalized spacial score (nSPS) is 13.9. The third-order valence-electron chi connectivity index (χ3n) is 6.76. The Balaban J connectivity index is 1.75. The van der Waals surface area contributed by atoms with Crippen LogP contribution in [0.4, 0.5) is 0 Å². The van der Waals surface area contributed by atoms with Gasteiger partial charge in [0.2, 0.25) is 0 Å². The lowest BCUT2D eigenvalue weighted by Crippen LogP contribution is -2.45. The largest absolute Gasteiger partial charge is 0.493 e. The first kappa shape index (κ1) is 27.0. The lowest BCUT2D eigenvalue weighted by atomic mass is 10.1. The van der Waals surface area contributed by atoms with Crippen LogP contribution >= 0.6 is 11.6 Å². The summed E-state index contributed by atoms with van der Waals surface area (Å²) in [5.41, 5.74) is 7.82. The maximum absolute atomic E-state index is 11.6. The molecule has 3 rings (SSSR count). The average Bonchev–Trinajstić information content (AvgIpc) is 3.26. The van der Waals surface area contributed by atoms with E-state index < -0.39 is 14.2 Å². The van der Waals surface area contributed by atoms with Crippen molar-refractivity contribution in [1.29, 1.82) is 0 Å². The van der Waals surface area contributed by atoms with Crippen molar-refractivity contribution in [3.05, 3.63) is 71.8 Å². The topological polar surface area (TPSA) is 79.4 Å². The Morgan fingerprint density at radius 1 is 1.14 bits per heavy atom. The lowest BCUT2D eigenvalue weighted by Gasteiger charge is -2.40. The second-order valence-corrected chi connectivity index (χ2v) is 15.6. The van der Waals surface area contributed by atoms with Gasteiger partial charge >= 0.3 is 0 Å². The maximum Gasteiger partial charge on any atom is 0.268 e. The predicted molar refractivity (Wildman–Crippen MR) is 145 cm³/mol. The highest BCUT2D eigenvalue weighted by molar-refractivity contribution is 6.74. The Kier molecular flexibility index (Phi) is 8.46. The molecule has 188 valence electrons. The fourth-order valence-corrected chi connectivity index (χ4v) is 5.26. The van der Waals surface area contributed by atoms with E-state index in [2.05, 4.69) is 45.8 Å². The first-order valence-electron chi connectivity index (χ1n) is 11.9. The average molecular weight is 514 g/mol. The zero-order chi connectivity index (χ0) is 25.8. The molecule has 0 radical (unpaired) electrons. The van der Waals surface area contributed by atoms with Crippen molar-refractivity contribution >= 4 is 25.8 Å². The van der Waals surface area contributed by atoms with E-state index in [0.29, 0.717) is 18.1 Å². The van der Waals surface area contributed by atoms with Gasteiger partial charge in [-0.05, 0) is 60.4 Å². The first-order valence-corrected chi connectivity index (χ1v) is 15.2. The van der Waals surface area contributed by atoms with Crippen LogP contribution in [-0.2, 0) is 4.43 Å². The molecule has 0 unspecified atom stereocenters. The van der Waals surface area contributed by atoms with E-state index >= 15 is 0 Å². The van der Waals surface area contributed by atoms with Gasteiger partial charge in [0.25, 0.3) is 5.91 Å². The van der Waals surface area contributed by atoms with Gasteiger partial charge in [0.05, 0.1) is 25.1 Å². The van der Waals surface area contributed by atoms with Crippen molar-refractivity contribution in [3.63, 3.8) is 0 Å². The molecular formula is C27H36ClN3O3Si. The molecule has 1 heterocycles. The second kappa shape index (κ2) is 11.0. The van der Waals surface area contributed by atoms with Crippen LogP contribution < -0.4 is 10.5 Å². The van der Waals surface area contributed by atoms with Gasteiger partial charge < -0.3 is 19.5 Å². The van der Waals surface area contributed by atoms with Gasteiger partial charge in [-0.3, -0.25) is 4.79 Å². The van der Waals surface area contributed by atoms with Gasteiger partial charge in [-0.15, -0.1) is 0 Å². The van der Waals surface area contributed by atoms with E-state index in [1.54, 1.807) is 12.5 Å². The number of carbonyl (C=O) groups excluding carboxylic acids is 1. The standard InChI is InChI=1S/C27H36ClN3O3Si/c1-19(34-35(5,6)27(2,3)4)25(31-17-24(26(29)32)30-18-31)14-15-33-23-9-7-8-21(16-23)20-10-12-22(28)13-11-20/h7-13,16-19,25H,14-15H2,1-6H3,(H2,29,32)/t19-,25+/m0/s1. The molecule has 0 saturated carbocycles. The maximum atomic E-state index is 11.6. The molecule has 0 spiro atoms. The summed E-state index contributed by atoms with van der Waals surface area (Å²) in [4.78, 5) is 15.8. The van der Waals surface area contributed by atoms with E-state index in [0.717, 1.165) is 16.9 Å². The fraction of sp³-hybridized carbons (Fsp3) is 0.407. The van der Waals surface area contributed by atoms with Crippen molar-refractivity contribution in [2.24, 2.45) is 5.73 Å². The molecule has 0 saturated heterocycles. The van der Waals surface area contributed by atoms with Crippen molar-refractivity contribution in [1.82, 2.24) is 9.55 Å². The van der Waals surface area contributed by atoms with E-state index in [1.165, 1.54) is 0 Å². The van der Waals surface area contributed by atoms with Gasteiger partial charge in [-0.25, -0.2) is 4.98 Å². The summed E-state index contributed by atoms with van der Waals surface area (Å²) in [6.45, 7) is 13.7. The Labute approximate surface area is 214 Å². The fourth-order valence-electron chi connectivity index (χ4n) is 3.70. The quantitative estimate of drug-likeness (QED) is 0.305. The highest BCUT2D eigenvalue weighted by Crippen LogP contribution is 2.39. The molecule has 2 N–H and O–H groups in total. The van der Waals surface area contributed by atoms with Gasteiger partial charge in [0.1, 0.15) is 11.4 Å². The summed E-state index contributed by atoms with van der Waals surface area (Å²) < 4.78 is 14.8. The third kappa shape index (κ3) is 6.96. The number of aromatic nitrogens is 2. The van der Waals surface area contributed by atoms with Crippen molar-refractivity contribution in [2.45, 2.75) is 64.4 Å². The van der Waals surface area contributed by atoms with Crippen molar-refractivity contribution in [2.75, 3.05) is 6.61 Å². The summed E-state index contributed by atoms with van der Waals surface area (Å²) in [7, 11) is -2.01. The van der Waals surface area contributed by atoms with E-state index in [4.69, 9.17) is 26.5 Å². The molecular weight excluding hydrogens is 478 g/mol. The van der Waals surface area contributed by atoms with Crippen LogP contribution in [0.3, 0.4) is 0 Å². The van der Waals surface area contributed by atoms with Crippen LogP contribution in [0.1, 0.15) is 50.6 Å². The summed E-state index contributed by atoms with van der Waals surface area (Å²) in [6.07, 6.45) is 3.92. The first-order chi connectivity index (χ1) is 16.4. The molecule has 3 aromatic rings. The molecule has 2 aromatic carbocycles. The monoisotopic (exact) mass is 513 g/mol. The van der Waals surface area contributed by atoms with E-state index in [-0.39, 0.29) is 22.9 Å². The molecule has 2 atom stereocenters. The third-order valence-corrected chi connectivity index (χ3v) is 11.6. The molecule has 8 heteroatoms. The zero-order valence-electron chi connectivity index (χ0n) is 21.4. The van der Waals surface area contributed by atoms with E-state index in [1.807, 2.05) is 53.1 Å². The minimum absolute atomic E-state index is 0.0656. The highest BCUT2D eigenvalue weighted by atomic mass is 35.5. The summed E-state index contributed by atoms with van der Waals surface area (Å²) in [5.74, 6) is 0.244. The minimum Gasteiger partial charge on any atom is -0.493 e. The molecule has 6 nitrogen and oxygen atoms in total.